The van der Waals surface area contributed by atoms with Crippen LogP contribution in [-0.2, 0) is 4.79 Å². The van der Waals surface area contributed by atoms with Gasteiger partial charge in [0.2, 0.25) is 0 Å². The first-order valence-corrected chi connectivity index (χ1v) is 9.47. The van der Waals surface area contributed by atoms with Crippen LogP contribution >= 0.6 is 11.8 Å². The van der Waals surface area contributed by atoms with E-state index in [9.17, 15) is 9.59 Å². The van der Waals surface area contributed by atoms with Gasteiger partial charge in [0, 0.05) is 43.0 Å². The van der Waals surface area contributed by atoms with E-state index in [0.29, 0.717) is 22.9 Å². The Morgan fingerprint density at radius 2 is 2.07 bits per heavy atom. The molecule has 9 heteroatoms. The molecule has 3 rings (SSSR count). The molecule has 2 aliphatic heterocycles. The van der Waals surface area contributed by atoms with E-state index in [0.717, 1.165) is 42.5 Å². The van der Waals surface area contributed by atoms with E-state index in [1.54, 1.807) is 20.3 Å². The van der Waals surface area contributed by atoms with Crippen molar-refractivity contribution in [3.63, 3.8) is 0 Å². The third kappa shape index (κ3) is 4.37. The van der Waals surface area contributed by atoms with E-state index < -0.39 is 5.91 Å². The average molecular weight is 393 g/mol. The number of amides is 2. The maximum Gasteiger partial charge on any atom is 0.290 e. The summed E-state index contributed by atoms with van der Waals surface area (Å²) in [5.41, 5.74) is 1.68. The summed E-state index contributed by atoms with van der Waals surface area (Å²) in [6.45, 7) is 2.25. The molecule has 146 valence electrons. The van der Waals surface area contributed by atoms with Crippen molar-refractivity contribution >= 4 is 34.7 Å². The Kier molecular flexibility index (Phi) is 6.25. The summed E-state index contributed by atoms with van der Waals surface area (Å²) in [4.78, 5) is 26.0. The number of rotatable bonds is 7. The normalized spacial score (nSPS) is 21.1. The van der Waals surface area contributed by atoms with Crippen molar-refractivity contribution in [2.75, 3.05) is 45.4 Å². The van der Waals surface area contributed by atoms with Crippen LogP contribution in [0.3, 0.4) is 0 Å². The molecular formula is C18H23N3O5S. The fourth-order valence-electron chi connectivity index (χ4n) is 3.25. The molecule has 0 bridgehead atoms. The second-order valence-corrected chi connectivity index (χ2v) is 7.24. The summed E-state index contributed by atoms with van der Waals surface area (Å²) < 4.78 is 10.8. The number of carbonyl (C=O) groups excluding carboxylic acids is 2. The van der Waals surface area contributed by atoms with Gasteiger partial charge < -0.3 is 24.8 Å². The molecule has 8 nitrogen and oxygen atoms in total. The largest absolute Gasteiger partial charge is 0.493 e. The zero-order valence-electron chi connectivity index (χ0n) is 15.3. The van der Waals surface area contributed by atoms with Gasteiger partial charge in [0.1, 0.15) is 0 Å². The second kappa shape index (κ2) is 8.64. The van der Waals surface area contributed by atoms with Crippen LogP contribution in [0.15, 0.2) is 17.0 Å². The molecular weight excluding hydrogens is 370 g/mol. The lowest BCUT2D eigenvalue weighted by Crippen LogP contribution is -2.34. The number of methoxy groups -OCH3 is 2. The lowest BCUT2D eigenvalue weighted by molar-refractivity contribution is -0.115. The number of hydrogen-bond donors (Lipinski definition) is 3. The number of benzene rings is 1. The number of carbonyl (C=O) groups is 2. The number of nitrogens with zero attached hydrogens (tertiary/aromatic N) is 1. The van der Waals surface area contributed by atoms with Crippen LogP contribution in [0, 0.1) is 0 Å². The number of thioether (sulfide) groups is 1. The highest BCUT2D eigenvalue weighted by Crippen LogP contribution is 2.39. The monoisotopic (exact) mass is 393 g/mol. The van der Waals surface area contributed by atoms with Crippen LogP contribution in [0.2, 0.25) is 0 Å². The third-order valence-electron chi connectivity index (χ3n) is 4.54. The first-order valence-electron chi connectivity index (χ1n) is 8.65. The van der Waals surface area contributed by atoms with Gasteiger partial charge in [-0.1, -0.05) is 0 Å². The van der Waals surface area contributed by atoms with Gasteiger partial charge in [-0.2, -0.15) is 0 Å². The summed E-state index contributed by atoms with van der Waals surface area (Å²) in [5.74, 6) is 0.757. The smallest absolute Gasteiger partial charge is 0.290 e. The number of nitrogens with one attached hydrogen (secondary N) is 2. The number of aliphatic hydroxyl groups is 1. The van der Waals surface area contributed by atoms with E-state index in [1.807, 2.05) is 12.1 Å². The second-order valence-electron chi connectivity index (χ2n) is 6.23. The van der Waals surface area contributed by atoms with Gasteiger partial charge >= 0.3 is 0 Å². The summed E-state index contributed by atoms with van der Waals surface area (Å²) in [5, 5.41) is 14.2. The number of aliphatic hydroxyl groups excluding tert-OH is 1. The van der Waals surface area contributed by atoms with Gasteiger partial charge in [-0.25, -0.2) is 0 Å². The van der Waals surface area contributed by atoms with Crippen LogP contribution in [0.4, 0.5) is 10.5 Å². The van der Waals surface area contributed by atoms with Gasteiger partial charge in [-0.05, 0) is 30.3 Å². The highest BCUT2D eigenvalue weighted by atomic mass is 32.2. The quantitative estimate of drug-likeness (QED) is 0.594. The first kappa shape index (κ1) is 19.5. The van der Waals surface area contributed by atoms with Gasteiger partial charge in [0.05, 0.1) is 25.7 Å². The minimum Gasteiger partial charge on any atom is -0.493 e. The van der Waals surface area contributed by atoms with Crippen LogP contribution < -0.4 is 25.0 Å². The van der Waals surface area contributed by atoms with Crippen molar-refractivity contribution in [1.29, 1.82) is 0 Å². The van der Waals surface area contributed by atoms with E-state index in [2.05, 4.69) is 15.5 Å². The third-order valence-corrected chi connectivity index (χ3v) is 5.35. The summed E-state index contributed by atoms with van der Waals surface area (Å²) in [6.07, 6.45) is 2.65. The predicted octanol–water partition coefficient (Wildman–Crippen LogP) is 1.19. The molecule has 0 aliphatic carbocycles. The van der Waals surface area contributed by atoms with Crippen molar-refractivity contribution < 1.29 is 24.2 Å². The van der Waals surface area contributed by atoms with E-state index in [-0.39, 0.29) is 17.9 Å². The molecule has 2 saturated heterocycles. The van der Waals surface area contributed by atoms with Crippen LogP contribution in [0.1, 0.15) is 12.0 Å². The number of ether oxygens (including phenoxy) is 2. The molecule has 27 heavy (non-hydrogen) atoms. The number of hydrogen-bond acceptors (Lipinski definition) is 8. The van der Waals surface area contributed by atoms with Crippen molar-refractivity contribution in [3.05, 3.63) is 22.6 Å². The van der Waals surface area contributed by atoms with Crippen molar-refractivity contribution in [2.24, 2.45) is 0 Å². The Bertz CT molecular complexity index is 768. The Labute approximate surface area is 161 Å². The predicted molar refractivity (Wildman–Crippen MR) is 104 cm³/mol. The molecule has 0 saturated carbocycles. The fourth-order valence-corrected chi connectivity index (χ4v) is 3.92. The zero-order chi connectivity index (χ0) is 19.4. The lowest BCUT2D eigenvalue weighted by atomic mass is 10.1. The van der Waals surface area contributed by atoms with Gasteiger partial charge in [0.15, 0.2) is 11.5 Å². The Balaban J connectivity index is 1.95. The molecule has 1 aromatic carbocycles. The molecule has 2 heterocycles. The van der Waals surface area contributed by atoms with Gasteiger partial charge in [-0.15, -0.1) is 0 Å². The lowest BCUT2D eigenvalue weighted by Gasteiger charge is -2.23. The first-order chi connectivity index (χ1) is 13.0. The molecule has 1 atom stereocenters. The van der Waals surface area contributed by atoms with E-state index in [4.69, 9.17) is 14.6 Å². The summed E-state index contributed by atoms with van der Waals surface area (Å²) >= 11 is 0.886. The molecule has 1 aromatic rings. The molecule has 0 aromatic heterocycles. The van der Waals surface area contributed by atoms with Crippen molar-refractivity contribution in [1.82, 2.24) is 10.6 Å². The molecule has 1 unspecified atom stereocenters. The SMILES string of the molecule is COc1cc(/C=C2\SC(=O)NC2=O)c(N2CCC(NCCO)C2)cc1OC. The number of anilines is 1. The summed E-state index contributed by atoms with van der Waals surface area (Å²) in [6, 6.07) is 3.97. The fraction of sp³-hybridized carbons (Fsp3) is 0.444. The van der Waals surface area contributed by atoms with Crippen LogP contribution in [-0.4, -0.2) is 62.8 Å². The van der Waals surface area contributed by atoms with Crippen LogP contribution in [0.5, 0.6) is 11.5 Å². The van der Waals surface area contributed by atoms with Crippen LogP contribution in [0.25, 0.3) is 6.08 Å². The van der Waals surface area contributed by atoms with E-state index in [1.165, 1.54) is 0 Å². The highest BCUT2D eigenvalue weighted by Gasteiger charge is 2.28. The molecule has 2 amide bonds. The molecule has 2 aliphatic rings. The molecule has 0 radical (unpaired) electrons. The zero-order valence-corrected chi connectivity index (χ0v) is 16.1. The summed E-state index contributed by atoms with van der Waals surface area (Å²) in [7, 11) is 3.13. The molecule has 2 fully saturated rings. The topological polar surface area (TPSA) is 100 Å². The van der Waals surface area contributed by atoms with E-state index >= 15 is 0 Å². The molecule has 3 N–H and O–H groups in total. The van der Waals surface area contributed by atoms with Gasteiger partial charge in [-0.3, -0.25) is 14.9 Å². The highest BCUT2D eigenvalue weighted by molar-refractivity contribution is 8.18. The molecule has 0 spiro atoms. The Hall–Kier alpha value is -2.23. The maximum absolute atomic E-state index is 11.9. The Morgan fingerprint density at radius 1 is 1.33 bits per heavy atom. The maximum atomic E-state index is 11.9. The average Bonchev–Trinajstić information content (AvgIpc) is 3.25. The van der Waals surface area contributed by atoms with Crippen molar-refractivity contribution in [3.8, 4) is 11.5 Å². The van der Waals surface area contributed by atoms with Crippen molar-refractivity contribution in [2.45, 2.75) is 12.5 Å². The number of imide groups is 1. The van der Waals surface area contributed by atoms with Gasteiger partial charge in [0.25, 0.3) is 11.1 Å². The minimum atomic E-state index is -0.394. The standard InChI is InChI=1S/C18H23N3O5S/c1-25-14-7-11(8-16-17(23)20-18(24)27-16)13(9-15(14)26-2)21-5-3-12(10-21)19-4-6-22/h7-9,12,19,22H,3-6,10H2,1-2H3,(H,20,23,24)/b16-8-. The minimum absolute atomic E-state index is 0.102. The Morgan fingerprint density at radius 3 is 2.70 bits per heavy atom.